The van der Waals surface area contributed by atoms with Gasteiger partial charge < -0.3 is 15.3 Å². The van der Waals surface area contributed by atoms with Gasteiger partial charge in [-0.2, -0.15) is 0 Å². The molecule has 148 valence electrons. The minimum absolute atomic E-state index is 0.160. The lowest BCUT2D eigenvalue weighted by Gasteiger charge is -2.34. The summed E-state index contributed by atoms with van der Waals surface area (Å²) in [7, 11) is 0. The monoisotopic (exact) mass is 375 g/mol. The van der Waals surface area contributed by atoms with E-state index < -0.39 is 23.6 Å². The highest BCUT2D eigenvalue weighted by molar-refractivity contribution is 5.90. The van der Waals surface area contributed by atoms with E-state index in [4.69, 9.17) is 0 Å². The third kappa shape index (κ3) is 3.85. The van der Waals surface area contributed by atoms with Gasteiger partial charge in [0, 0.05) is 31.1 Å². The molecular formula is C19H29N5O3. The maximum absolute atomic E-state index is 13.5. The molecule has 0 spiro atoms. The van der Waals surface area contributed by atoms with E-state index >= 15 is 0 Å². The average molecular weight is 375 g/mol. The van der Waals surface area contributed by atoms with Crippen LogP contribution < -0.4 is 5.32 Å². The summed E-state index contributed by atoms with van der Waals surface area (Å²) < 4.78 is 1.65. The van der Waals surface area contributed by atoms with Gasteiger partial charge in [0.2, 0.25) is 11.8 Å². The first-order valence-corrected chi connectivity index (χ1v) is 9.94. The molecule has 8 nitrogen and oxygen atoms in total. The van der Waals surface area contributed by atoms with Gasteiger partial charge >= 0.3 is 0 Å². The van der Waals surface area contributed by atoms with Crippen molar-refractivity contribution in [3.05, 3.63) is 11.9 Å². The maximum atomic E-state index is 13.5. The van der Waals surface area contributed by atoms with Gasteiger partial charge in [-0.1, -0.05) is 26.0 Å². The van der Waals surface area contributed by atoms with Crippen LogP contribution in [0.5, 0.6) is 0 Å². The highest BCUT2D eigenvalue weighted by Crippen LogP contribution is 2.40. The van der Waals surface area contributed by atoms with Crippen LogP contribution in [-0.4, -0.2) is 61.5 Å². The molecule has 3 atom stereocenters. The molecule has 2 unspecified atom stereocenters. The zero-order valence-electron chi connectivity index (χ0n) is 16.3. The van der Waals surface area contributed by atoms with Crippen LogP contribution in [0.2, 0.25) is 0 Å². The van der Waals surface area contributed by atoms with E-state index in [1.165, 1.54) is 4.90 Å². The lowest BCUT2D eigenvalue weighted by molar-refractivity contribution is -0.144. The van der Waals surface area contributed by atoms with E-state index in [9.17, 15) is 14.7 Å². The number of aliphatic hydroxyl groups is 1. The normalized spacial score (nSPS) is 26.9. The molecule has 0 bridgehead atoms. The van der Waals surface area contributed by atoms with E-state index in [2.05, 4.69) is 15.6 Å². The van der Waals surface area contributed by atoms with Crippen molar-refractivity contribution in [1.29, 1.82) is 0 Å². The van der Waals surface area contributed by atoms with Gasteiger partial charge in [-0.25, -0.2) is 4.68 Å². The number of β-amino-alcohol motifs (C(OH)–C–C–N with tert-alkyl or cyclic N) is 1. The first-order valence-electron chi connectivity index (χ1n) is 9.94. The lowest BCUT2D eigenvalue weighted by atomic mass is 9.85. The van der Waals surface area contributed by atoms with E-state index in [0.717, 1.165) is 31.4 Å². The standard InChI is InChI=1S/C19H29N5O3/c1-19(2,3)16(24-10-14(21-22-24)11-4-5-11)18(27)23-9-13(25)8-15(23)17(26)20-12-6-7-12/h10-13,15-16,25H,4-9H2,1-3H3,(H,20,26)/t13?,15?,16-/m1/s1. The molecule has 2 aliphatic carbocycles. The Labute approximate surface area is 159 Å². The Kier molecular flexibility index (Phi) is 4.49. The molecule has 4 rings (SSSR count). The molecule has 8 heteroatoms. The Bertz CT molecular complexity index is 732. The van der Waals surface area contributed by atoms with E-state index in [1.807, 2.05) is 27.0 Å². The summed E-state index contributed by atoms with van der Waals surface area (Å²) in [6.07, 6.45) is 5.69. The fourth-order valence-corrected chi connectivity index (χ4v) is 3.85. The highest BCUT2D eigenvalue weighted by Gasteiger charge is 2.46. The number of aromatic nitrogens is 3. The quantitative estimate of drug-likeness (QED) is 0.799. The van der Waals surface area contributed by atoms with Gasteiger partial charge in [-0.05, 0) is 31.1 Å². The van der Waals surface area contributed by atoms with Crippen molar-refractivity contribution in [3.8, 4) is 0 Å². The fourth-order valence-electron chi connectivity index (χ4n) is 3.85. The fraction of sp³-hybridized carbons (Fsp3) is 0.789. The predicted molar refractivity (Wildman–Crippen MR) is 97.8 cm³/mol. The van der Waals surface area contributed by atoms with Crippen LogP contribution in [0.3, 0.4) is 0 Å². The number of hydrogen-bond donors (Lipinski definition) is 2. The molecule has 2 saturated carbocycles. The van der Waals surface area contributed by atoms with Gasteiger partial charge in [0.15, 0.2) is 0 Å². The Hall–Kier alpha value is -1.96. The van der Waals surface area contributed by atoms with Gasteiger partial charge in [-0.3, -0.25) is 9.59 Å². The molecule has 2 amide bonds. The largest absolute Gasteiger partial charge is 0.391 e. The Balaban J connectivity index is 1.58. The SMILES string of the molecule is CC(C)(C)[C@@H](C(=O)N1CC(O)CC1C(=O)NC1CC1)n1cc(C2CC2)nn1. The Morgan fingerprint density at radius 2 is 1.96 bits per heavy atom. The van der Waals surface area contributed by atoms with Gasteiger partial charge in [0.05, 0.1) is 11.8 Å². The summed E-state index contributed by atoms with van der Waals surface area (Å²) in [5, 5.41) is 21.6. The first-order chi connectivity index (χ1) is 12.7. The van der Waals surface area contributed by atoms with Crippen LogP contribution in [0.15, 0.2) is 6.20 Å². The molecule has 3 aliphatic rings. The number of likely N-dealkylation sites (tertiary alicyclic amines) is 1. The zero-order chi connectivity index (χ0) is 19.3. The maximum Gasteiger partial charge on any atom is 0.248 e. The lowest BCUT2D eigenvalue weighted by Crippen LogP contribution is -2.50. The van der Waals surface area contributed by atoms with E-state index in [0.29, 0.717) is 5.92 Å². The van der Waals surface area contributed by atoms with E-state index in [1.54, 1.807) is 4.68 Å². The number of nitrogens with zero attached hydrogens (tertiary/aromatic N) is 4. The molecule has 0 radical (unpaired) electrons. The van der Waals surface area contributed by atoms with Gasteiger partial charge in [0.1, 0.15) is 12.1 Å². The number of rotatable bonds is 5. The molecule has 2 heterocycles. The zero-order valence-corrected chi connectivity index (χ0v) is 16.3. The van der Waals surface area contributed by atoms with Crippen LogP contribution in [0, 0.1) is 5.41 Å². The molecule has 2 N–H and O–H groups in total. The molecule has 0 aromatic carbocycles. The summed E-state index contributed by atoms with van der Waals surface area (Å²) in [5.41, 5.74) is 0.526. The molecule has 1 aliphatic heterocycles. The average Bonchev–Trinajstić information content (AvgIpc) is 3.50. The molecular weight excluding hydrogens is 346 g/mol. The van der Waals surface area contributed by atoms with Crippen molar-refractivity contribution in [3.63, 3.8) is 0 Å². The van der Waals surface area contributed by atoms with Crippen molar-refractivity contribution in [2.75, 3.05) is 6.54 Å². The van der Waals surface area contributed by atoms with Crippen molar-refractivity contribution < 1.29 is 14.7 Å². The summed E-state index contributed by atoms with van der Waals surface area (Å²) in [6.45, 7) is 6.14. The predicted octanol–water partition coefficient (Wildman–Crippen LogP) is 0.983. The summed E-state index contributed by atoms with van der Waals surface area (Å²) in [6, 6.07) is -0.967. The minimum Gasteiger partial charge on any atom is -0.391 e. The van der Waals surface area contributed by atoms with Crippen molar-refractivity contribution in [2.24, 2.45) is 5.41 Å². The summed E-state index contributed by atoms with van der Waals surface area (Å²) in [5.74, 6) is 0.120. The minimum atomic E-state index is -0.678. The Morgan fingerprint density at radius 3 is 2.56 bits per heavy atom. The number of carbonyl (C=O) groups excluding carboxylic acids is 2. The highest BCUT2D eigenvalue weighted by atomic mass is 16.3. The molecule has 1 saturated heterocycles. The number of carbonyl (C=O) groups is 2. The second-order valence-electron chi connectivity index (χ2n) is 9.35. The molecule has 3 fully saturated rings. The third-order valence-corrected chi connectivity index (χ3v) is 5.63. The first kappa shape index (κ1) is 18.4. The van der Waals surface area contributed by atoms with Crippen LogP contribution >= 0.6 is 0 Å². The second-order valence-corrected chi connectivity index (χ2v) is 9.35. The number of nitrogens with one attached hydrogen (secondary N) is 1. The van der Waals surface area contributed by atoms with Crippen molar-refractivity contribution in [1.82, 2.24) is 25.2 Å². The van der Waals surface area contributed by atoms with Crippen LogP contribution in [0.25, 0.3) is 0 Å². The van der Waals surface area contributed by atoms with Gasteiger partial charge in [0.25, 0.3) is 0 Å². The smallest absolute Gasteiger partial charge is 0.248 e. The topological polar surface area (TPSA) is 100 Å². The molecule has 1 aromatic rings. The van der Waals surface area contributed by atoms with Crippen molar-refractivity contribution >= 4 is 11.8 Å². The molecule has 27 heavy (non-hydrogen) atoms. The number of hydrogen-bond acceptors (Lipinski definition) is 5. The molecule has 1 aromatic heterocycles. The summed E-state index contributed by atoms with van der Waals surface area (Å²) in [4.78, 5) is 27.6. The van der Waals surface area contributed by atoms with E-state index in [-0.39, 0.29) is 30.8 Å². The van der Waals surface area contributed by atoms with Crippen molar-refractivity contribution in [2.45, 2.75) is 83.0 Å². The van der Waals surface area contributed by atoms with Crippen LogP contribution in [-0.2, 0) is 9.59 Å². The van der Waals surface area contributed by atoms with Crippen LogP contribution in [0.4, 0.5) is 0 Å². The summed E-state index contributed by atoms with van der Waals surface area (Å²) >= 11 is 0. The third-order valence-electron chi connectivity index (χ3n) is 5.63. The van der Waals surface area contributed by atoms with Gasteiger partial charge in [-0.15, -0.1) is 5.10 Å². The van der Waals surface area contributed by atoms with Crippen LogP contribution in [0.1, 0.15) is 70.5 Å². The Morgan fingerprint density at radius 1 is 1.26 bits per heavy atom. The second kappa shape index (κ2) is 6.58. The number of amides is 2. The number of aliphatic hydroxyl groups excluding tert-OH is 1.